The number of nitriles is 1. The van der Waals surface area contributed by atoms with Gasteiger partial charge in [-0.2, -0.15) is 5.26 Å². The third-order valence-electron chi connectivity index (χ3n) is 1.29. The molecule has 0 aromatic heterocycles. The zero-order valence-electron chi connectivity index (χ0n) is 6.78. The van der Waals surface area contributed by atoms with Gasteiger partial charge in [0.15, 0.2) is 0 Å². The zero-order chi connectivity index (χ0) is 8.85. The van der Waals surface area contributed by atoms with Crippen molar-refractivity contribution in [2.45, 2.75) is 6.92 Å². The van der Waals surface area contributed by atoms with Crippen molar-refractivity contribution in [2.24, 2.45) is 22.6 Å². The van der Waals surface area contributed by atoms with Crippen LogP contribution in [0.1, 0.15) is 6.92 Å². The van der Waals surface area contributed by atoms with Crippen LogP contribution in [-0.2, 0) is 0 Å². The van der Waals surface area contributed by atoms with Gasteiger partial charge in [0.2, 0.25) is 5.96 Å². The van der Waals surface area contributed by atoms with Gasteiger partial charge in [-0.1, -0.05) is 0 Å². The van der Waals surface area contributed by atoms with Gasteiger partial charge < -0.3 is 16.5 Å². The first kappa shape index (κ1) is 9.56. The molecule has 0 aliphatic carbocycles. The van der Waals surface area contributed by atoms with Gasteiger partial charge in [-0.15, -0.1) is 5.10 Å². The van der Waals surface area contributed by atoms with Crippen LogP contribution in [0, 0.1) is 17.2 Å². The Labute approximate surface area is 66.3 Å². The fraction of sp³-hybridized carbons (Fsp3) is 0.667. The van der Waals surface area contributed by atoms with E-state index in [1.165, 1.54) is 0 Å². The second-order valence-corrected chi connectivity index (χ2v) is 2.40. The molecule has 0 fully saturated rings. The molecule has 62 valence electrons. The minimum Gasteiger partial charge on any atom is -0.368 e. The molecule has 11 heavy (non-hydrogen) atoms. The predicted molar refractivity (Wildman–Crippen MR) is 43.2 cm³/mol. The largest absolute Gasteiger partial charge is 0.368 e. The Balaban J connectivity index is 3.89. The molecular formula is C6H13N5. The number of rotatable bonds is 2. The number of guanidine groups is 1. The number of nitrogens with zero attached hydrogens (tertiary/aromatic N) is 3. The van der Waals surface area contributed by atoms with Crippen LogP contribution in [-0.4, -0.2) is 24.5 Å². The molecule has 1 unspecified atom stereocenters. The van der Waals surface area contributed by atoms with Crippen LogP contribution in [0.25, 0.3) is 0 Å². The molecule has 0 bridgehead atoms. The van der Waals surface area contributed by atoms with Crippen LogP contribution < -0.4 is 11.6 Å². The maximum Gasteiger partial charge on any atom is 0.213 e. The third-order valence-corrected chi connectivity index (χ3v) is 1.29. The fourth-order valence-corrected chi connectivity index (χ4v) is 0.644. The van der Waals surface area contributed by atoms with Crippen molar-refractivity contribution in [1.29, 1.82) is 5.26 Å². The number of hydrogen-bond acceptors (Lipinski definition) is 3. The molecule has 0 saturated carbocycles. The second kappa shape index (κ2) is 4.39. The van der Waals surface area contributed by atoms with Crippen LogP contribution >= 0.6 is 0 Å². The van der Waals surface area contributed by atoms with Crippen LogP contribution in [0.3, 0.4) is 0 Å². The Morgan fingerprint density at radius 1 is 1.82 bits per heavy atom. The molecule has 0 aliphatic rings. The van der Waals surface area contributed by atoms with Crippen molar-refractivity contribution in [3.8, 4) is 6.07 Å². The van der Waals surface area contributed by atoms with Gasteiger partial charge >= 0.3 is 0 Å². The molecule has 1 atom stereocenters. The van der Waals surface area contributed by atoms with Crippen LogP contribution in [0.2, 0.25) is 0 Å². The van der Waals surface area contributed by atoms with E-state index in [1.807, 2.05) is 0 Å². The summed E-state index contributed by atoms with van der Waals surface area (Å²) in [4.78, 5) is 1.63. The standard InChI is InChI=1S/C6H13N5/c1-5(3-7)4-11(2)6(8)10-9/h5H,4,9H2,1-2H3,(H2,8,10). The van der Waals surface area contributed by atoms with Gasteiger partial charge in [0.25, 0.3) is 0 Å². The van der Waals surface area contributed by atoms with Crippen LogP contribution in [0.4, 0.5) is 0 Å². The lowest BCUT2D eigenvalue weighted by atomic mass is 10.2. The molecule has 0 radical (unpaired) electrons. The summed E-state index contributed by atoms with van der Waals surface area (Å²) in [7, 11) is 1.74. The molecule has 0 saturated heterocycles. The van der Waals surface area contributed by atoms with Gasteiger partial charge in [0.1, 0.15) is 0 Å². The molecule has 5 heteroatoms. The molecule has 0 rings (SSSR count). The third kappa shape index (κ3) is 3.30. The summed E-state index contributed by atoms with van der Waals surface area (Å²) in [5.41, 5.74) is 5.36. The SMILES string of the molecule is CC(C#N)CN(C)C(N)=NN. The van der Waals surface area contributed by atoms with E-state index in [-0.39, 0.29) is 11.9 Å². The van der Waals surface area contributed by atoms with Gasteiger partial charge in [-0.3, -0.25) is 0 Å². The van der Waals surface area contributed by atoms with E-state index in [0.29, 0.717) is 6.54 Å². The van der Waals surface area contributed by atoms with E-state index in [4.69, 9.17) is 16.8 Å². The molecular weight excluding hydrogens is 142 g/mol. The maximum absolute atomic E-state index is 8.45. The first-order valence-corrected chi connectivity index (χ1v) is 3.26. The molecule has 0 amide bonds. The molecule has 0 aromatic carbocycles. The van der Waals surface area contributed by atoms with Crippen molar-refractivity contribution in [3.05, 3.63) is 0 Å². The number of hydrogen-bond donors (Lipinski definition) is 2. The minimum atomic E-state index is -0.0692. The lowest BCUT2D eigenvalue weighted by Crippen LogP contribution is -2.37. The summed E-state index contributed by atoms with van der Waals surface area (Å²) in [6.07, 6.45) is 0. The van der Waals surface area contributed by atoms with Crippen LogP contribution in [0.5, 0.6) is 0 Å². The summed E-state index contributed by atoms with van der Waals surface area (Å²) >= 11 is 0. The van der Waals surface area contributed by atoms with Gasteiger partial charge in [0.05, 0.1) is 12.0 Å². The zero-order valence-corrected chi connectivity index (χ0v) is 6.78. The maximum atomic E-state index is 8.45. The molecule has 0 spiro atoms. The molecule has 5 nitrogen and oxygen atoms in total. The summed E-state index contributed by atoms with van der Waals surface area (Å²) in [5.74, 6) is 5.10. The van der Waals surface area contributed by atoms with E-state index in [0.717, 1.165) is 0 Å². The quantitative estimate of drug-likeness (QED) is 0.238. The van der Waals surface area contributed by atoms with E-state index < -0.39 is 0 Å². The van der Waals surface area contributed by atoms with Gasteiger partial charge in [-0.05, 0) is 6.92 Å². The average molecular weight is 155 g/mol. The van der Waals surface area contributed by atoms with Gasteiger partial charge in [0, 0.05) is 13.6 Å². The highest BCUT2D eigenvalue weighted by molar-refractivity contribution is 5.77. The summed E-state index contributed by atoms with van der Waals surface area (Å²) in [6, 6.07) is 2.08. The van der Waals surface area contributed by atoms with Crippen LogP contribution in [0.15, 0.2) is 5.10 Å². The topological polar surface area (TPSA) is 91.4 Å². The Morgan fingerprint density at radius 3 is 2.73 bits per heavy atom. The average Bonchev–Trinajstić information content (AvgIpc) is 2.02. The van der Waals surface area contributed by atoms with Crippen molar-refractivity contribution in [2.75, 3.05) is 13.6 Å². The first-order valence-electron chi connectivity index (χ1n) is 3.26. The molecule has 0 heterocycles. The molecule has 4 N–H and O–H groups in total. The first-order chi connectivity index (χ1) is 5.11. The van der Waals surface area contributed by atoms with Crippen molar-refractivity contribution >= 4 is 5.96 Å². The second-order valence-electron chi connectivity index (χ2n) is 2.40. The van der Waals surface area contributed by atoms with Crippen molar-refractivity contribution < 1.29 is 0 Å². The van der Waals surface area contributed by atoms with Gasteiger partial charge in [-0.25, -0.2) is 0 Å². The highest BCUT2D eigenvalue weighted by Crippen LogP contribution is 1.94. The Bertz CT molecular complexity index is 180. The van der Waals surface area contributed by atoms with E-state index >= 15 is 0 Å². The fourth-order valence-electron chi connectivity index (χ4n) is 0.644. The minimum absolute atomic E-state index is 0.0692. The molecule has 0 aromatic rings. The smallest absolute Gasteiger partial charge is 0.213 e. The highest BCUT2D eigenvalue weighted by atomic mass is 15.3. The Kier molecular flexibility index (Phi) is 3.81. The summed E-state index contributed by atoms with van der Waals surface area (Å²) < 4.78 is 0. The van der Waals surface area contributed by atoms with E-state index in [2.05, 4.69) is 11.2 Å². The van der Waals surface area contributed by atoms with E-state index in [9.17, 15) is 0 Å². The van der Waals surface area contributed by atoms with Crippen molar-refractivity contribution in [1.82, 2.24) is 4.90 Å². The summed E-state index contributed by atoms with van der Waals surface area (Å²) in [5, 5.41) is 11.7. The monoisotopic (exact) mass is 155 g/mol. The highest BCUT2D eigenvalue weighted by Gasteiger charge is 2.05. The Morgan fingerprint density at radius 2 is 2.36 bits per heavy atom. The Hall–Kier alpha value is -1.44. The predicted octanol–water partition coefficient (Wildman–Crippen LogP) is -0.734. The number of nitrogens with two attached hydrogens (primary N) is 2. The number of hydrazone groups is 1. The lowest BCUT2D eigenvalue weighted by Gasteiger charge is -2.17. The normalized spacial score (nSPS) is 13.7. The summed E-state index contributed by atoms with van der Waals surface area (Å²) in [6.45, 7) is 2.35. The van der Waals surface area contributed by atoms with Crippen molar-refractivity contribution in [3.63, 3.8) is 0 Å². The molecule has 0 aliphatic heterocycles. The lowest BCUT2D eigenvalue weighted by molar-refractivity contribution is 0.448. The van der Waals surface area contributed by atoms with E-state index in [1.54, 1.807) is 18.9 Å².